The van der Waals surface area contributed by atoms with Crippen LogP contribution in [0.1, 0.15) is 108 Å². The molecule has 36 heavy (non-hydrogen) atoms. The van der Waals surface area contributed by atoms with E-state index in [1.165, 1.54) is 76.3 Å². The van der Waals surface area contributed by atoms with Crippen molar-refractivity contribution >= 4 is 6.08 Å². The zero-order valence-electron chi connectivity index (χ0n) is 22.2. The van der Waals surface area contributed by atoms with Crippen LogP contribution in [-0.2, 0) is 4.74 Å². The molecule has 0 bridgehead atoms. The molecule has 5 heteroatoms. The molecule has 1 aliphatic heterocycles. The molecule has 0 aromatic heterocycles. The Balaban J connectivity index is 1.23. The maximum atomic E-state index is 14.7. The number of rotatable bonds is 9. The Morgan fingerprint density at radius 2 is 1.58 bits per heavy atom. The summed E-state index contributed by atoms with van der Waals surface area (Å²) in [5, 5.41) is 0. The molecule has 2 atom stereocenters. The molecule has 0 N–H and O–H groups in total. The molecule has 2 aliphatic carbocycles. The maximum absolute atomic E-state index is 14.7. The highest BCUT2D eigenvalue weighted by atomic mass is 19.3. The molecule has 202 valence electrons. The summed E-state index contributed by atoms with van der Waals surface area (Å²) in [5.74, 6) is 2.75. The lowest BCUT2D eigenvalue weighted by molar-refractivity contribution is -0.0518. The van der Waals surface area contributed by atoms with Crippen LogP contribution in [-0.4, -0.2) is 19.3 Å². The normalized spacial score (nSPS) is 31.7. The Hall–Kier alpha value is -1.49. The third-order valence-electron chi connectivity index (χ3n) is 9.18. The molecule has 1 saturated heterocycles. The molecule has 1 heterocycles. The number of alkyl halides is 2. The second kappa shape index (κ2) is 13.3. The summed E-state index contributed by atoms with van der Waals surface area (Å²) in [5.41, 5.74) is -0.471. The summed E-state index contributed by atoms with van der Waals surface area (Å²) in [6.07, 6.45) is 16.9. The average Bonchev–Trinajstić information content (AvgIpc) is 2.89. The van der Waals surface area contributed by atoms with Crippen molar-refractivity contribution < 1.29 is 22.6 Å². The third-order valence-corrected chi connectivity index (χ3v) is 9.18. The lowest BCUT2D eigenvalue weighted by atomic mass is 9.67. The topological polar surface area (TPSA) is 18.5 Å². The number of halogens is 3. The highest BCUT2D eigenvalue weighted by Gasteiger charge is 2.35. The van der Waals surface area contributed by atoms with Gasteiger partial charge in [-0.15, -0.1) is 0 Å². The van der Waals surface area contributed by atoms with Crippen LogP contribution in [0.5, 0.6) is 5.75 Å². The molecule has 2 unspecified atom stereocenters. The Labute approximate surface area is 216 Å². The summed E-state index contributed by atoms with van der Waals surface area (Å²) in [6.45, 7) is 4.86. The maximum Gasteiger partial charge on any atom is 0.270 e. The zero-order valence-corrected chi connectivity index (χ0v) is 22.2. The van der Waals surface area contributed by atoms with Gasteiger partial charge >= 0.3 is 0 Å². The molecule has 2 nitrogen and oxygen atoms in total. The summed E-state index contributed by atoms with van der Waals surface area (Å²) < 4.78 is 53.1. The van der Waals surface area contributed by atoms with Gasteiger partial charge in [-0.25, -0.2) is 13.2 Å². The third kappa shape index (κ3) is 6.88. The fourth-order valence-electron chi connectivity index (χ4n) is 7.11. The van der Waals surface area contributed by atoms with Gasteiger partial charge in [0, 0.05) is 11.5 Å². The summed E-state index contributed by atoms with van der Waals surface area (Å²) in [6, 6.07) is 2.96. The van der Waals surface area contributed by atoms with Crippen LogP contribution in [0.3, 0.4) is 0 Å². The molecule has 3 fully saturated rings. The van der Waals surface area contributed by atoms with Crippen molar-refractivity contribution in [3.8, 4) is 5.75 Å². The Morgan fingerprint density at radius 1 is 0.917 bits per heavy atom. The van der Waals surface area contributed by atoms with Crippen LogP contribution < -0.4 is 4.74 Å². The van der Waals surface area contributed by atoms with Gasteiger partial charge in [-0.1, -0.05) is 44.8 Å². The monoisotopic (exact) mass is 506 g/mol. The first-order valence-corrected chi connectivity index (χ1v) is 14.5. The quantitative estimate of drug-likeness (QED) is 0.332. The molecule has 0 spiro atoms. The Kier molecular flexibility index (Phi) is 10.2. The largest absolute Gasteiger partial charge is 0.493 e. The summed E-state index contributed by atoms with van der Waals surface area (Å²) in [4.78, 5) is 0. The molecule has 2 saturated carbocycles. The van der Waals surface area contributed by atoms with E-state index in [4.69, 9.17) is 9.47 Å². The highest BCUT2D eigenvalue weighted by Crippen LogP contribution is 2.44. The summed E-state index contributed by atoms with van der Waals surface area (Å²) in [7, 11) is 0. The van der Waals surface area contributed by atoms with E-state index in [2.05, 4.69) is 6.92 Å². The van der Waals surface area contributed by atoms with Crippen molar-refractivity contribution in [2.24, 2.45) is 29.6 Å². The van der Waals surface area contributed by atoms with Gasteiger partial charge in [0.1, 0.15) is 11.6 Å². The minimum atomic E-state index is -2.91. The number of benzene rings is 1. The van der Waals surface area contributed by atoms with Gasteiger partial charge in [0.25, 0.3) is 6.43 Å². The fraction of sp³-hybridized carbons (Fsp3) is 0.742. The number of hydrogen-bond acceptors (Lipinski definition) is 2. The second-order valence-corrected chi connectivity index (χ2v) is 11.4. The van der Waals surface area contributed by atoms with Crippen molar-refractivity contribution in [1.82, 2.24) is 0 Å². The van der Waals surface area contributed by atoms with E-state index in [1.54, 1.807) is 13.0 Å². The van der Waals surface area contributed by atoms with Crippen LogP contribution in [0, 0.1) is 35.4 Å². The van der Waals surface area contributed by atoms with E-state index < -0.39 is 17.8 Å². The molecule has 1 aromatic carbocycles. The lowest BCUT2D eigenvalue weighted by Crippen LogP contribution is -2.35. The van der Waals surface area contributed by atoms with Gasteiger partial charge in [0.2, 0.25) is 0 Å². The molecular formula is C31H45F3O2. The minimum Gasteiger partial charge on any atom is -0.493 e. The SMILES string of the molecule is CCCC1CCC(C2CCC(C3CCC(C=Cc4ccc(OCC)c(C(F)F)c4F)CO3)CC2)CC1. The van der Waals surface area contributed by atoms with Crippen molar-refractivity contribution in [1.29, 1.82) is 0 Å². The Bertz CT molecular complexity index is 830. The molecule has 0 amide bonds. The van der Waals surface area contributed by atoms with E-state index in [-0.39, 0.29) is 23.8 Å². The first-order valence-electron chi connectivity index (χ1n) is 14.5. The van der Waals surface area contributed by atoms with Crippen molar-refractivity contribution in [3.05, 3.63) is 35.2 Å². The smallest absolute Gasteiger partial charge is 0.270 e. The van der Waals surface area contributed by atoms with Crippen molar-refractivity contribution in [2.45, 2.75) is 103 Å². The first kappa shape index (κ1) is 27.5. The zero-order chi connectivity index (χ0) is 25.5. The fourth-order valence-corrected chi connectivity index (χ4v) is 7.11. The van der Waals surface area contributed by atoms with Crippen molar-refractivity contribution in [2.75, 3.05) is 13.2 Å². The van der Waals surface area contributed by atoms with Gasteiger partial charge in [0.05, 0.1) is 24.9 Å². The first-order chi connectivity index (χ1) is 17.5. The lowest BCUT2D eigenvalue weighted by Gasteiger charge is -2.41. The van der Waals surface area contributed by atoms with Crippen LogP contribution in [0.25, 0.3) is 6.08 Å². The van der Waals surface area contributed by atoms with E-state index in [0.29, 0.717) is 18.6 Å². The molecular weight excluding hydrogens is 461 g/mol. The van der Waals surface area contributed by atoms with Gasteiger partial charge in [-0.2, -0.15) is 0 Å². The van der Waals surface area contributed by atoms with Crippen LogP contribution in [0.4, 0.5) is 13.2 Å². The standard InChI is InChI=1S/C31H45F3O2/c1-3-5-21-6-10-23(11-7-21)24-13-15-25(16-14-24)27-18-9-22(20-36-27)8-12-26-17-19-28(35-4-2)29(30(26)32)31(33)34/h8,12,17,19,21-25,27,31H,3-7,9-11,13-16,18,20H2,1-2H3. The summed E-state index contributed by atoms with van der Waals surface area (Å²) >= 11 is 0. The number of ether oxygens (including phenoxy) is 2. The molecule has 3 aliphatic rings. The van der Waals surface area contributed by atoms with Crippen molar-refractivity contribution in [3.63, 3.8) is 0 Å². The van der Waals surface area contributed by atoms with Crippen LogP contribution in [0.2, 0.25) is 0 Å². The van der Waals surface area contributed by atoms with Crippen LogP contribution in [0.15, 0.2) is 18.2 Å². The predicted octanol–water partition coefficient (Wildman–Crippen LogP) is 9.38. The van der Waals surface area contributed by atoms with Gasteiger partial charge in [-0.3, -0.25) is 0 Å². The second-order valence-electron chi connectivity index (χ2n) is 11.4. The predicted molar refractivity (Wildman–Crippen MR) is 140 cm³/mol. The highest BCUT2D eigenvalue weighted by molar-refractivity contribution is 5.55. The Morgan fingerprint density at radius 3 is 2.17 bits per heavy atom. The van der Waals surface area contributed by atoms with Gasteiger partial charge in [-0.05, 0) is 94.1 Å². The molecule has 4 rings (SSSR count). The van der Waals surface area contributed by atoms with E-state index in [0.717, 1.165) is 30.6 Å². The van der Waals surface area contributed by atoms with E-state index >= 15 is 0 Å². The minimum absolute atomic E-state index is 0.0788. The number of hydrogen-bond donors (Lipinski definition) is 0. The molecule has 1 aromatic rings. The van der Waals surface area contributed by atoms with E-state index in [1.807, 2.05) is 6.08 Å². The average molecular weight is 507 g/mol. The van der Waals surface area contributed by atoms with Gasteiger partial charge < -0.3 is 9.47 Å². The van der Waals surface area contributed by atoms with Crippen LogP contribution >= 0.6 is 0 Å². The van der Waals surface area contributed by atoms with E-state index in [9.17, 15) is 13.2 Å². The molecule has 0 radical (unpaired) electrons. The van der Waals surface area contributed by atoms with Gasteiger partial charge in [0.15, 0.2) is 0 Å².